The van der Waals surface area contributed by atoms with Crippen LogP contribution < -0.4 is 15.9 Å². The SMILES string of the molecule is C[Si](C)(C)CCOCn1ccnc1C[P+](c1ccccc1)(c1ccccc1)c1ccccc1.Cl. The van der Waals surface area contributed by atoms with Crippen LogP contribution in [-0.2, 0) is 17.6 Å². The Hall–Kier alpha value is -2.23. The topological polar surface area (TPSA) is 27.1 Å². The Morgan fingerprint density at radius 1 is 0.765 bits per heavy atom. The molecule has 4 aromatic rings. The number of aromatic nitrogens is 2. The predicted octanol–water partition coefficient (Wildman–Crippen LogP) is 6.11. The molecule has 0 unspecified atom stereocenters. The molecule has 34 heavy (non-hydrogen) atoms. The van der Waals surface area contributed by atoms with E-state index in [4.69, 9.17) is 9.72 Å². The maximum Gasteiger partial charge on any atom is 0.149 e. The minimum absolute atomic E-state index is 0. The Kier molecular flexibility index (Phi) is 9.27. The molecule has 0 saturated carbocycles. The number of rotatable bonds is 10. The van der Waals surface area contributed by atoms with Gasteiger partial charge in [0.2, 0.25) is 0 Å². The van der Waals surface area contributed by atoms with Crippen molar-refractivity contribution in [3.05, 3.63) is 109 Å². The maximum absolute atomic E-state index is 6.10. The molecule has 3 nitrogen and oxygen atoms in total. The maximum atomic E-state index is 6.10. The number of imidazole rings is 1. The Bertz CT molecular complexity index is 1030. The summed E-state index contributed by atoms with van der Waals surface area (Å²) in [6, 6.07) is 34.1. The van der Waals surface area contributed by atoms with Gasteiger partial charge in [-0.1, -0.05) is 74.2 Å². The molecule has 0 fully saturated rings. The van der Waals surface area contributed by atoms with E-state index in [0.29, 0.717) is 6.73 Å². The molecule has 0 aliphatic rings. The summed E-state index contributed by atoms with van der Waals surface area (Å²) >= 11 is 0. The van der Waals surface area contributed by atoms with Crippen molar-refractivity contribution >= 4 is 43.7 Å². The fourth-order valence-corrected chi connectivity index (χ4v) is 9.06. The van der Waals surface area contributed by atoms with E-state index in [1.807, 2.05) is 6.20 Å². The zero-order valence-electron chi connectivity index (χ0n) is 20.3. The van der Waals surface area contributed by atoms with Crippen molar-refractivity contribution in [2.45, 2.75) is 38.6 Å². The van der Waals surface area contributed by atoms with Gasteiger partial charge in [0.1, 0.15) is 41.9 Å². The van der Waals surface area contributed by atoms with Gasteiger partial charge in [-0.05, 0) is 42.4 Å². The molecule has 0 bridgehead atoms. The standard InChI is InChI=1S/C28H34N2OPSi.ClH/c1-33(2,3)22-21-31-24-30-20-19-29-28(30)23-32(25-13-7-4-8-14-25,26-15-9-5-10-16-26)27-17-11-6-12-18-27;/h4-20H,21-24H2,1-3H3;1H/q+1;. The van der Waals surface area contributed by atoms with Gasteiger partial charge in [-0.25, -0.2) is 4.98 Å². The van der Waals surface area contributed by atoms with E-state index < -0.39 is 15.3 Å². The first-order chi connectivity index (χ1) is 16.0. The summed E-state index contributed by atoms with van der Waals surface area (Å²) in [6.45, 7) is 8.52. The summed E-state index contributed by atoms with van der Waals surface area (Å²) in [6.07, 6.45) is 4.82. The fourth-order valence-electron chi connectivity index (χ4n) is 4.13. The van der Waals surface area contributed by atoms with E-state index in [-0.39, 0.29) is 12.4 Å². The van der Waals surface area contributed by atoms with E-state index in [9.17, 15) is 0 Å². The van der Waals surface area contributed by atoms with Crippen LogP contribution in [0.3, 0.4) is 0 Å². The van der Waals surface area contributed by atoms with Crippen LogP contribution in [0.1, 0.15) is 5.82 Å². The van der Waals surface area contributed by atoms with Gasteiger partial charge in [-0.15, -0.1) is 12.4 Å². The second kappa shape index (κ2) is 11.9. The third-order valence-electron chi connectivity index (χ3n) is 6.00. The van der Waals surface area contributed by atoms with Crippen LogP contribution in [0.4, 0.5) is 0 Å². The van der Waals surface area contributed by atoms with Crippen molar-refractivity contribution in [2.24, 2.45) is 0 Å². The van der Waals surface area contributed by atoms with E-state index in [0.717, 1.165) is 18.6 Å². The molecule has 6 heteroatoms. The molecule has 0 aliphatic heterocycles. The number of benzene rings is 3. The van der Waals surface area contributed by atoms with Gasteiger partial charge in [0.15, 0.2) is 0 Å². The zero-order valence-corrected chi connectivity index (χ0v) is 23.0. The van der Waals surface area contributed by atoms with Crippen LogP contribution in [0.25, 0.3) is 0 Å². The molecule has 178 valence electrons. The average molecular weight is 510 g/mol. The molecule has 0 saturated heterocycles. The second-order valence-corrected chi connectivity index (χ2v) is 18.7. The Morgan fingerprint density at radius 2 is 1.24 bits per heavy atom. The number of nitrogens with zero attached hydrogens (tertiary/aromatic N) is 2. The smallest absolute Gasteiger partial charge is 0.149 e. The minimum atomic E-state index is -1.97. The molecule has 0 aliphatic carbocycles. The quantitative estimate of drug-likeness (QED) is 0.146. The zero-order chi connectivity index (χ0) is 23.2. The molecular weight excluding hydrogens is 475 g/mol. The summed E-state index contributed by atoms with van der Waals surface area (Å²) in [7, 11) is -3.07. The molecule has 1 heterocycles. The first kappa shape index (κ1) is 26.4. The van der Waals surface area contributed by atoms with E-state index in [1.54, 1.807) is 0 Å². The molecule has 4 rings (SSSR count). The Labute approximate surface area is 212 Å². The van der Waals surface area contributed by atoms with E-state index >= 15 is 0 Å². The summed E-state index contributed by atoms with van der Waals surface area (Å²) in [5.74, 6) is 1.08. The highest BCUT2D eigenvalue weighted by Crippen LogP contribution is 2.57. The van der Waals surface area contributed by atoms with Crippen LogP contribution in [0, 0.1) is 0 Å². The first-order valence-electron chi connectivity index (χ1n) is 11.6. The van der Waals surface area contributed by atoms with Gasteiger partial charge >= 0.3 is 0 Å². The minimum Gasteiger partial charge on any atom is -0.361 e. The van der Waals surface area contributed by atoms with Crippen LogP contribution in [0.2, 0.25) is 25.7 Å². The van der Waals surface area contributed by atoms with Gasteiger partial charge in [-0.3, -0.25) is 0 Å². The van der Waals surface area contributed by atoms with Gasteiger partial charge in [0.05, 0.1) is 0 Å². The van der Waals surface area contributed by atoms with Gasteiger partial charge in [0.25, 0.3) is 0 Å². The Morgan fingerprint density at radius 3 is 1.68 bits per heavy atom. The summed E-state index contributed by atoms with van der Waals surface area (Å²) in [5.41, 5.74) is 0. The number of hydrogen-bond donors (Lipinski definition) is 0. The third kappa shape index (κ3) is 6.25. The molecule has 1 aromatic heterocycles. The molecule has 0 N–H and O–H groups in total. The van der Waals surface area contributed by atoms with Gasteiger partial charge in [-0.2, -0.15) is 0 Å². The largest absolute Gasteiger partial charge is 0.361 e. The fraction of sp³-hybridized carbons (Fsp3) is 0.250. The molecular formula is C28H35ClN2OPSi+. The molecule has 3 aromatic carbocycles. The third-order valence-corrected chi connectivity index (χ3v) is 12.0. The lowest BCUT2D eigenvalue weighted by molar-refractivity contribution is 0.0856. The normalized spacial score (nSPS) is 11.7. The highest BCUT2D eigenvalue weighted by molar-refractivity contribution is 7.95. The van der Waals surface area contributed by atoms with Crippen LogP contribution in [0.5, 0.6) is 0 Å². The average Bonchev–Trinajstić information content (AvgIpc) is 3.28. The van der Waals surface area contributed by atoms with Crippen LogP contribution in [-0.4, -0.2) is 24.2 Å². The highest BCUT2D eigenvalue weighted by atomic mass is 35.5. The summed E-state index contributed by atoms with van der Waals surface area (Å²) < 4.78 is 8.28. The lowest BCUT2D eigenvalue weighted by Gasteiger charge is -2.27. The Balaban J connectivity index is 0.00000324. The lowest BCUT2D eigenvalue weighted by Crippen LogP contribution is -2.33. The highest BCUT2D eigenvalue weighted by Gasteiger charge is 2.46. The predicted molar refractivity (Wildman–Crippen MR) is 152 cm³/mol. The van der Waals surface area contributed by atoms with Crippen molar-refractivity contribution in [1.29, 1.82) is 0 Å². The second-order valence-electron chi connectivity index (χ2n) is 9.64. The van der Waals surface area contributed by atoms with E-state index in [2.05, 4.69) is 121 Å². The molecule has 0 amide bonds. The van der Waals surface area contributed by atoms with Gasteiger partial charge < -0.3 is 9.30 Å². The van der Waals surface area contributed by atoms with Gasteiger partial charge in [0, 0.05) is 27.1 Å². The number of ether oxygens (including phenoxy) is 1. The van der Waals surface area contributed by atoms with E-state index in [1.165, 1.54) is 22.0 Å². The van der Waals surface area contributed by atoms with Crippen molar-refractivity contribution in [2.75, 3.05) is 6.61 Å². The van der Waals surface area contributed by atoms with Crippen LogP contribution >= 0.6 is 19.7 Å². The first-order valence-corrected chi connectivity index (χ1v) is 17.3. The molecule has 0 atom stereocenters. The van der Waals surface area contributed by atoms with Crippen molar-refractivity contribution in [1.82, 2.24) is 9.55 Å². The monoisotopic (exact) mass is 509 g/mol. The lowest BCUT2D eigenvalue weighted by atomic mass is 10.4. The number of halogens is 1. The molecule has 0 radical (unpaired) electrons. The molecule has 0 spiro atoms. The summed E-state index contributed by atoms with van der Waals surface area (Å²) in [4.78, 5) is 4.82. The van der Waals surface area contributed by atoms with Crippen molar-refractivity contribution in [3.63, 3.8) is 0 Å². The van der Waals surface area contributed by atoms with Crippen molar-refractivity contribution < 1.29 is 4.74 Å². The van der Waals surface area contributed by atoms with Crippen molar-refractivity contribution in [3.8, 4) is 0 Å². The van der Waals surface area contributed by atoms with Crippen LogP contribution in [0.15, 0.2) is 103 Å². The number of hydrogen-bond acceptors (Lipinski definition) is 2. The summed E-state index contributed by atoms with van der Waals surface area (Å²) in [5, 5.41) is 4.12.